The van der Waals surface area contributed by atoms with Gasteiger partial charge >= 0.3 is 6.18 Å². The lowest BCUT2D eigenvalue weighted by molar-refractivity contribution is -0.261. The summed E-state index contributed by atoms with van der Waals surface area (Å²) in [5, 5.41) is 20.7. The zero-order valence-corrected chi connectivity index (χ0v) is 17.4. The van der Waals surface area contributed by atoms with Crippen molar-refractivity contribution in [2.24, 2.45) is 0 Å². The molecule has 3 rings (SSSR count). The Hall–Kier alpha value is -2.90. The van der Waals surface area contributed by atoms with Gasteiger partial charge in [-0.1, -0.05) is 6.07 Å². The molecule has 0 saturated carbocycles. The highest BCUT2D eigenvalue weighted by molar-refractivity contribution is 5.95. The number of halogens is 5. The quantitative estimate of drug-likeness (QED) is 0.548. The minimum absolute atomic E-state index is 0.0332. The fraction of sp³-hybridized carbons (Fsp3) is 0.450. The molecule has 1 unspecified atom stereocenters. The first kappa shape index (κ1) is 24.7. The first-order chi connectivity index (χ1) is 15.4. The molecular formula is C20H20F5N3O5. The number of aliphatic hydroxyl groups is 2. The molecule has 2 aromatic rings. The van der Waals surface area contributed by atoms with E-state index in [0.717, 1.165) is 38.6 Å². The predicted molar refractivity (Wildman–Crippen MR) is 102 cm³/mol. The summed E-state index contributed by atoms with van der Waals surface area (Å²) >= 11 is 0. The Morgan fingerprint density at radius 2 is 1.97 bits per heavy atom. The molecule has 1 amide bonds. The van der Waals surface area contributed by atoms with Crippen LogP contribution in [-0.4, -0.2) is 57.7 Å². The van der Waals surface area contributed by atoms with Crippen LogP contribution in [0.25, 0.3) is 0 Å². The molecule has 33 heavy (non-hydrogen) atoms. The number of carbonyl (C=O) groups excluding carboxylic acids is 1. The van der Waals surface area contributed by atoms with E-state index in [1.807, 2.05) is 0 Å². The highest BCUT2D eigenvalue weighted by atomic mass is 19.4. The number of alkyl halides is 3. The molecule has 0 bridgehead atoms. The predicted octanol–water partition coefficient (Wildman–Crippen LogP) is 2.62. The molecule has 4 atom stereocenters. The molecule has 180 valence electrons. The Labute approximate surface area is 184 Å². The number of nitrogens with one attached hydrogen (secondary N) is 1. The summed E-state index contributed by atoms with van der Waals surface area (Å²) in [5.41, 5.74) is -2.95. The van der Waals surface area contributed by atoms with E-state index < -0.39 is 66.2 Å². The summed E-state index contributed by atoms with van der Waals surface area (Å²) < 4.78 is 79.0. The van der Waals surface area contributed by atoms with E-state index >= 15 is 0 Å². The minimum atomic E-state index is -4.86. The molecule has 1 aromatic carbocycles. The summed E-state index contributed by atoms with van der Waals surface area (Å²) in [6, 6.07) is 1.77. The molecule has 1 aromatic heterocycles. The van der Waals surface area contributed by atoms with Crippen LogP contribution >= 0.6 is 0 Å². The lowest BCUT2D eigenvalue weighted by atomic mass is 9.85. The summed E-state index contributed by atoms with van der Waals surface area (Å²) in [6.45, 7) is 0.114. The van der Waals surface area contributed by atoms with Crippen molar-refractivity contribution in [1.82, 2.24) is 9.97 Å². The van der Waals surface area contributed by atoms with E-state index in [2.05, 4.69) is 15.3 Å². The molecule has 3 N–H and O–H groups in total. The molecular weight excluding hydrogens is 457 g/mol. The van der Waals surface area contributed by atoms with Gasteiger partial charge in [-0.2, -0.15) is 17.6 Å². The highest BCUT2D eigenvalue weighted by Gasteiger charge is 2.61. The molecule has 8 nitrogen and oxygen atoms in total. The normalized spacial score (nSPS) is 23.9. The average molecular weight is 477 g/mol. The minimum Gasteiger partial charge on any atom is -0.493 e. The van der Waals surface area contributed by atoms with Crippen LogP contribution in [0.3, 0.4) is 0 Å². The number of rotatable bonds is 6. The van der Waals surface area contributed by atoms with E-state index in [1.54, 1.807) is 0 Å². The van der Waals surface area contributed by atoms with Crippen LogP contribution < -0.4 is 10.1 Å². The number of aromatic nitrogens is 2. The molecule has 1 aliphatic heterocycles. The number of aliphatic hydroxyl groups excluding tert-OH is 2. The Kier molecular flexibility index (Phi) is 6.86. The van der Waals surface area contributed by atoms with Gasteiger partial charge in [0.05, 0.1) is 31.8 Å². The van der Waals surface area contributed by atoms with E-state index in [9.17, 15) is 31.9 Å². The highest BCUT2D eigenvalue weighted by Crippen LogP contribution is 2.51. The second kappa shape index (κ2) is 9.15. The van der Waals surface area contributed by atoms with Gasteiger partial charge in [0, 0.05) is 11.5 Å². The number of ether oxygens (including phenoxy) is 2. The summed E-state index contributed by atoms with van der Waals surface area (Å²) in [4.78, 5) is 20.4. The van der Waals surface area contributed by atoms with Gasteiger partial charge < -0.3 is 25.0 Å². The van der Waals surface area contributed by atoms with Gasteiger partial charge in [0.2, 0.25) is 5.82 Å². The van der Waals surface area contributed by atoms with Crippen molar-refractivity contribution >= 4 is 11.6 Å². The maximum atomic E-state index is 14.2. The fourth-order valence-corrected chi connectivity index (χ4v) is 3.55. The van der Waals surface area contributed by atoms with Crippen LogP contribution in [0.2, 0.25) is 0 Å². The fourth-order valence-electron chi connectivity index (χ4n) is 3.55. The van der Waals surface area contributed by atoms with Gasteiger partial charge in [0.25, 0.3) is 5.91 Å². The van der Waals surface area contributed by atoms with Gasteiger partial charge in [-0.3, -0.25) is 4.79 Å². The van der Waals surface area contributed by atoms with Crippen molar-refractivity contribution in [1.29, 1.82) is 0 Å². The third-order valence-corrected chi connectivity index (χ3v) is 5.31. The van der Waals surface area contributed by atoms with Crippen LogP contribution in [0, 0.1) is 11.6 Å². The summed E-state index contributed by atoms with van der Waals surface area (Å²) in [6.07, 6.45) is -6.58. The van der Waals surface area contributed by atoms with Crippen LogP contribution in [0.4, 0.5) is 27.6 Å². The van der Waals surface area contributed by atoms with Crippen molar-refractivity contribution in [3.8, 4) is 5.75 Å². The Morgan fingerprint density at radius 1 is 1.33 bits per heavy atom. The second-order valence-electron chi connectivity index (χ2n) is 7.58. The molecule has 2 heterocycles. The smallest absolute Gasteiger partial charge is 0.417 e. The Bertz CT molecular complexity index is 1020. The number of nitrogens with zero attached hydrogens (tertiary/aromatic N) is 2. The molecule has 1 aliphatic rings. The third-order valence-electron chi connectivity index (χ3n) is 5.31. The van der Waals surface area contributed by atoms with E-state index in [-0.39, 0.29) is 17.1 Å². The number of carbonyl (C=O) groups is 1. The van der Waals surface area contributed by atoms with Crippen LogP contribution in [0.5, 0.6) is 5.75 Å². The number of hydrogen-bond acceptors (Lipinski definition) is 7. The summed E-state index contributed by atoms with van der Waals surface area (Å²) in [7, 11) is 1.02. The maximum absolute atomic E-state index is 14.2. The lowest BCUT2D eigenvalue weighted by Crippen LogP contribution is -2.43. The molecule has 13 heteroatoms. The van der Waals surface area contributed by atoms with Gasteiger partial charge in [-0.15, -0.1) is 0 Å². The van der Waals surface area contributed by atoms with Crippen LogP contribution in [0.1, 0.15) is 36.8 Å². The standard InChI is InChI=1S/C20H20F5N3O5/c1-19(20(23,24)25)5-11(10-3-4-12(21)14(22)15(10)32-2)16(33-19)18(31)28-9-6-26-17(27-7-9)13(30)8-29/h3-4,6-7,11,13,16,29-30H,5,8H2,1-2H3,(H,28,31)/t11-,13-,16?,19+/m1/s1. The van der Waals surface area contributed by atoms with Crippen molar-refractivity contribution in [3.05, 3.63) is 47.5 Å². The van der Waals surface area contributed by atoms with Gasteiger partial charge in [-0.25, -0.2) is 14.4 Å². The van der Waals surface area contributed by atoms with Crippen molar-refractivity contribution in [3.63, 3.8) is 0 Å². The zero-order valence-electron chi connectivity index (χ0n) is 17.4. The Balaban J connectivity index is 1.95. The third kappa shape index (κ3) is 4.75. The average Bonchev–Trinajstić information content (AvgIpc) is 3.14. The van der Waals surface area contributed by atoms with E-state index in [0.29, 0.717) is 0 Å². The number of benzene rings is 1. The van der Waals surface area contributed by atoms with Crippen molar-refractivity contribution in [2.75, 3.05) is 19.0 Å². The number of amides is 1. The summed E-state index contributed by atoms with van der Waals surface area (Å²) in [5.74, 6) is -5.78. The molecule has 1 fully saturated rings. The van der Waals surface area contributed by atoms with Crippen LogP contribution in [-0.2, 0) is 9.53 Å². The van der Waals surface area contributed by atoms with Gasteiger partial charge in [0.15, 0.2) is 23.0 Å². The van der Waals surface area contributed by atoms with E-state index in [4.69, 9.17) is 14.6 Å². The first-order valence-electron chi connectivity index (χ1n) is 9.60. The second-order valence-corrected chi connectivity index (χ2v) is 7.58. The monoisotopic (exact) mass is 477 g/mol. The number of methoxy groups -OCH3 is 1. The zero-order chi connectivity index (χ0) is 24.6. The van der Waals surface area contributed by atoms with Crippen LogP contribution in [0.15, 0.2) is 24.5 Å². The van der Waals surface area contributed by atoms with Crippen molar-refractivity contribution in [2.45, 2.75) is 43.2 Å². The first-order valence-corrected chi connectivity index (χ1v) is 9.60. The van der Waals surface area contributed by atoms with E-state index in [1.165, 1.54) is 0 Å². The SMILES string of the molecule is COc1c([C@H]2C[C@@](C)(C(F)(F)F)OC2C(=O)Nc2cnc([C@H](O)CO)nc2)ccc(F)c1F. The molecule has 0 spiro atoms. The molecule has 0 aliphatic carbocycles. The maximum Gasteiger partial charge on any atom is 0.417 e. The largest absolute Gasteiger partial charge is 0.493 e. The topological polar surface area (TPSA) is 114 Å². The van der Waals surface area contributed by atoms with Gasteiger partial charge in [-0.05, 0) is 19.4 Å². The number of anilines is 1. The Morgan fingerprint density at radius 3 is 2.52 bits per heavy atom. The molecule has 1 saturated heterocycles. The van der Waals surface area contributed by atoms with Crippen molar-refractivity contribution < 1.29 is 46.4 Å². The number of hydrogen-bond donors (Lipinski definition) is 3. The van der Waals surface area contributed by atoms with Gasteiger partial charge in [0.1, 0.15) is 12.2 Å². The molecule has 0 radical (unpaired) electrons. The lowest BCUT2D eigenvalue weighted by Gasteiger charge is -2.27.